The van der Waals surface area contributed by atoms with Gasteiger partial charge < -0.3 is 10.1 Å². The van der Waals surface area contributed by atoms with Gasteiger partial charge in [0.1, 0.15) is 0 Å². The number of ether oxygens (including phenoxy) is 1. The molecule has 1 fully saturated rings. The molecule has 0 atom stereocenters. The van der Waals surface area contributed by atoms with Crippen LogP contribution in [0.5, 0.6) is 0 Å². The van der Waals surface area contributed by atoms with Crippen LogP contribution in [-0.2, 0) is 17.8 Å². The number of carbonyl (C=O) groups excluding carboxylic acids is 1. The molecule has 1 aromatic heterocycles. The molecule has 7 heteroatoms. The molecule has 0 aliphatic carbocycles. The molecule has 1 saturated heterocycles. The summed E-state index contributed by atoms with van der Waals surface area (Å²) in [6.45, 7) is 3.63. The summed E-state index contributed by atoms with van der Waals surface area (Å²) >= 11 is 0. The van der Waals surface area contributed by atoms with Crippen molar-refractivity contribution in [2.45, 2.75) is 13.1 Å². The van der Waals surface area contributed by atoms with E-state index in [9.17, 15) is 4.79 Å². The highest BCUT2D eigenvalue weighted by Crippen LogP contribution is 2.06. The Morgan fingerprint density at radius 3 is 2.87 bits per heavy atom. The van der Waals surface area contributed by atoms with E-state index in [1.807, 2.05) is 29.1 Å². The predicted octanol–water partition coefficient (Wildman–Crippen LogP) is 0.978. The Bertz CT molecular complexity index is 604. The van der Waals surface area contributed by atoms with Gasteiger partial charge in [0.2, 0.25) is 0 Å². The molecule has 0 bridgehead atoms. The van der Waals surface area contributed by atoms with Gasteiger partial charge in [0.25, 0.3) is 0 Å². The molecule has 1 aromatic carbocycles. The lowest BCUT2D eigenvalue weighted by Crippen LogP contribution is -2.48. The van der Waals surface area contributed by atoms with Crippen LogP contribution in [0.15, 0.2) is 42.7 Å². The second-order valence-electron chi connectivity index (χ2n) is 5.35. The van der Waals surface area contributed by atoms with Crippen LogP contribution >= 0.6 is 0 Å². The number of nitrogens with one attached hydrogen (secondary N) is 2. The second kappa shape index (κ2) is 7.75. The zero-order chi connectivity index (χ0) is 15.9. The number of hydrogen-bond donors (Lipinski definition) is 2. The molecular weight excluding hydrogens is 294 g/mol. The van der Waals surface area contributed by atoms with Gasteiger partial charge in [-0.2, -0.15) is 5.10 Å². The molecule has 1 aliphatic rings. The largest absolute Gasteiger partial charge is 0.378 e. The van der Waals surface area contributed by atoms with Gasteiger partial charge in [0.15, 0.2) is 0 Å². The number of hydrogen-bond acceptors (Lipinski definition) is 4. The van der Waals surface area contributed by atoms with Crippen molar-refractivity contribution in [1.82, 2.24) is 25.5 Å². The second-order valence-corrected chi connectivity index (χ2v) is 5.35. The molecule has 1 aliphatic heterocycles. The molecule has 2 amide bonds. The first-order valence-electron chi connectivity index (χ1n) is 7.73. The normalized spacial score (nSPS) is 15.2. The summed E-state index contributed by atoms with van der Waals surface area (Å²) in [5.74, 6) is 0. The fourth-order valence-corrected chi connectivity index (χ4v) is 2.38. The summed E-state index contributed by atoms with van der Waals surface area (Å²) in [6, 6.07) is 9.95. The number of urea groups is 1. The molecule has 0 saturated carbocycles. The molecular formula is C16H21N5O2. The first-order chi connectivity index (χ1) is 11.3. The average molecular weight is 315 g/mol. The molecule has 2 aromatic rings. The number of hydrazine groups is 1. The minimum Gasteiger partial charge on any atom is -0.378 e. The number of nitrogens with zero attached hydrogens (tertiary/aromatic N) is 3. The Morgan fingerprint density at radius 2 is 2.09 bits per heavy atom. The number of carbonyl (C=O) groups is 1. The lowest BCUT2D eigenvalue weighted by atomic mass is 10.1. The Balaban J connectivity index is 1.49. The topological polar surface area (TPSA) is 71.4 Å². The monoisotopic (exact) mass is 315 g/mol. The molecule has 122 valence electrons. The summed E-state index contributed by atoms with van der Waals surface area (Å²) in [6.07, 6.45) is 3.71. The van der Waals surface area contributed by atoms with Crippen LogP contribution in [0.25, 0.3) is 0 Å². The maximum Gasteiger partial charge on any atom is 0.332 e. The molecule has 7 nitrogen and oxygen atoms in total. The van der Waals surface area contributed by atoms with Crippen LogP contribution in [0.1, 0.15) is 11.1 Å². The van der Waals surface area contributed by atoms with Crippen molar-refractivity contribution in [3.63, 3.8) is 0 Å². The van der Waals surface area contributed by atoms with Crippen molar-refractivity contribution in [3.05, 3.63) is 53.9 Å². The summed E-state index contributed by atoms with van der Waals surface area (Å²) < 4.78 is 7.18. The zero-order valence-corrected chi connectivity index (χ0v) is 12.9. The Morgan fingerprint density at radius 1 is 1.26 bits per heavy atom. The SMILES string of the molecule is O=C(NCc1ccc(Cn2cccn2)cc1)N1CCOCCN1. The number of rotatable bonds is 4. The molecule has 23 heavy (non-hydrogen) atoms. The summed E-state index contributed by atoms with van der Waals surface area (Å²) in [5.41, 5.74) is 5.28. The standard InChI is InChI=1S/C16H21N5O2/c22-16(21-9-11-23-10-7-19-21)17-12-14-2-4-15(5-3-14)13-20-8-1-6-18-20/h1-6,8,19H,7,9-13H2,(H,17,22). The van der Waals surface area contributed by atoms with Gasteiger partial charge in [-0.1, -0.05) is 24.3 Å². The van der Waals surface area contributed by atoms with E-state index in [1.54, 1.807) is 11.2 Å². The van der Waals surface area contributed by atoms with Gasteiger partial charge in [-0.15, -0.1) is 0 Å². The van der Waals surface area contributed by atoms with Crippen LogP contribution in [0.2, 0.25) is 0 Å². The molecule has 2 N–H and O–H groups in total. The van der Waals surface area contributed by atoms with Gasteiger partial charge >= 0.3 is 6.03 Å². The van der Waals surface area contributed by atoms with E-state index in [0.717, 1.165) is 12.1 Å². The van der Waals surface area contributed by atoms with Crippen LogP contribution in [0.4, 0.5) is 4.79 Å². The molecule has 0 unspecified atom stereocenters. The molecule has 3 rings (SSSR count). The Labute approximate surface area is 135 Å². The lowest BCUT2D eigenvalue weighted by Gasteiger charge is -2.20. The van der Waals surface area contributed by atoms with Gasteiger partial charge in [0, 0.05) is 25.5 Å². The van der Waals surface area contributed by atoms with E-state index in [4.69, 9.17) is 4.74 Å². The van der Waals surface area contributed by atoms with E-state index in [1.165, 1.54) is 5.56 Å². The van der Waals surface area contributed by atoms with Gasteiger partial charge in [-0.3, -0.25) is 9.69 Å². The van der Waals surface area contributed by atoms with Gasteiger partial charge in [-0.05, 0) is 17.2 Å². The molecule has 0 spiro atoms. The fraction of sp³-hybridized carbons (Fsp3) is 0.375. The third-order valence-electron chi connectivity index (χ3n) is 3.62. The van der Waals surface area contributed by atoms with Crippen LogP contribution in [0, 0.1) is 0 Å². The summed E-state index contributed by atoms with van der Waals surface area (Å²) in [7, 11) is 0. The fourth-order valence-electron chi connectivity index (χ4n) is 2.38. The van der Waals surface area contributed by atoms with Crippen molar-refractivity contribution >= 4 is 6.03 Å². The molecule has 0 radical (unpaired) electrons. The molecule has 2 heterocycles. The van der Waals surface area contributed by atoms with E-state index >= 15 is 0 Å². The third-order valence-corrected chi connectivity index (χ3v) is 3.62. The zero-order valence-electron chi connectivity index (χ0n) is 12.9. The predicted molar refractivity (Wildman–Crippen MR) is 85.5 cm³/mol. The van der Waals surface area contributed by atoms with Crippen molar-refractivity contribution in [2.24, 2.45) is 0 Å². The minimum atomic E-state index is -0.129. The average Bonchev–Trinajstić information content (AvgIpc) is 2.93. The first kappa shape index (κ1) is 15.5. The van der Waals surface area contributed by atoms with Crippen LogP contribution in [-0.4, -0.2) is 47.1 Å². The van der Waals surface area contributed by atoms with E-state index < -0.39 is 0 Å². The first-order valence-corrected chi connectivity index (χ1v) is 7.73. The number of aromatic nitrogens is 2. The Hall–Kier alpha value is -2.38. The van der Waals surface area contributed by atoms with Gasteiger partial charge in [-0.25, -0.2) is 10.2 Å². The van der Waals surface area contributed by atoms with Gasteiger partial charge in [0.05, 0.1) is 26.3 Å². The van der Waals surface area contributed by atoms with Crippen molar-refractivity contribution < 1.29 is 9.53 Å². The van der Waals surface area contributed by atoms with Crippen molar-refractivity contribution in [3.8, 4) is 0 Å². The number of benzene rings is 1. The van der Waals surface area contributed by atoms with E-state index in [-0.39, 0.29) is 6.03 Å². The van der Waals surface area contributed by atoms with Crippen LogP contribution in [0.3, 0.4) is 0 Å². The quantitative estimate of drug-likeness (QED) is 0.882. The van der Waals surface area contributed by atoms with E-state index in [0.29, 0.717) is 32.8 Å². The van der Waals surface area contributed by atoms with Crippen molar-refractivity contribution in [1.29, 1.82) is 0 Å². The smallest absolute Gasteiger partial charge is 0.332 e. The van der Waals surface area contributed by atoms with Crippen molar-refractivity contribution in [2.75, 3.05) is 26.3 Å². The minimum absolute atomic E-state index is 0.129. The highest BCUT2D eigenvalue weighted by molar-refractivity contribution is 5.73. The lowest BCUT2D eigenvalue weighted by molar-refractivity contribution is 0.143. The summed E-state index contributed by atoms with van der Waals surface area (Å²) in [4.78, 5) is 12.1. The highest BCUT2D eigenvalue weighted by atomic mass is 16.5. The highest BCUT2D eigenvalue weighted by Gasteiger charge is 2.14. The maximum atomic E-state index is 12.1. The van der Waals surface area contributed by atoms with Crippen LogP contribution < -0.4 is 10.7 Å². The number of amides is 2. The summed E-state index contributed by atoms with van der Waals surface area (Å²) in [5, 5.41) is 8.67. The maximum absolute atomic E-state index is 12.1. The third kappa shape index (κ3) is 4.54. The Kier molecular flexibility index (Phi) is 5.23. The van der Waals surface area contributed by atoms with E-state index in [2.05, 4.69) is 28.0 Å².